The quantitative estimate of drug-likeness (QED) is 0.392. The largest absolute Gasteiger partial charge is 0.504 e. The van der Waals surface area contributed by atoms with Crippen LogP contribution in [0.4, 0.5) is 5.69 Å². The predicted octanol–water partition coefficient (Wildman–Crippen LogP) is 1.88. The molecule has 1 amide bonds. The van der Waals surface area contributed by atoms with E-state index in [1.807, 2.05) is 0 Å². The maximum absolute atomic E-state index is 11.9. The van der Waals surface area contributed by atoms with Crippen molar-refractivity contribution in [1.29, 1.82) is 0 Å². The second kappa shape index (κ2) is 8.58. The number of nitro benzene ring substituents is 1. The lowest BCUT2D eigenvalue weighted by molar-refractivity contribution is -0.385. The van der Waals surface area contributed by atoms with Gasteiger partial charge >= 0.3 is 0 Å². The molecular formula is C17H17N3O6. The second-order valence-electron chi connectivity index (χ2n) is 5.12. The van der Waals surface area contributed by atoms with Crippen LogP contribution in [0.15, 0.2) is 47.6 Å². The number of ether oxygens (including phenoxy) is 1. The van der Waals surface area contributed by atoms with Crippen LogP contribution in [0.5, 0.6) is 11.5 Å². The van der Waals surface area contributed by atoms with Gasteiger partial charge in [0.2, 0.25) is 0 Å². The first-order valence-corrected chi connectivity index (χ1v) is 7.64. The SMILES string of the molecule is CCOc1cc([N+](=O)[O-])cc(C=NNC(=O)[C@H](O)c2ccccc2)c1O. The molecular weight excluding hydrogens is 342 g/mol. The van der Waals surface area contributed by atoms with Crippen molar-refractivity contribution in [1.82, 2.24) is 5.43 Å². The Kier molecular flexibility index (Phi) is 6.23. The fourth-order valence-electron chi connectivity index (χ4n) is 2.10. The number of carbonyl (C=O) groups is 1. The molecule has 3 N–H and O–H groups in total. The smallest absolute Gasteiger partial charge is 0.274 e. The van der Waals surface area contributed by atoms with Crippen LogP contribution in [0, 0.1) is 10.1 Å². The molecule has 0 aromatic heterocycles. The van der Waals surface area contributed by atoms with Crippen LogP contribution in [0.2, 0.25) is 0 Å². The second-order valence-corrected chi connectivity index (χ2v) is 5.12. The molecule has 2 rings (SSSR count). The number of aromatic hydroxyl groups is 1. The van der Waals surface area contributed by atoms with Crippen LogP contribution in [0.3, 0.4) is 0 Å². The van der Waals surface area contributed by atoms with Crippen LogP contribution in [0.25, 0.3) is 0 Å². The van der Waals surface area contributed by atoms with E-state index < -0.39 is 16.9 Å². The topological polar surface area (TPSA) is 134 Å². The summed E-state index contributed by atoms with van der Waals surface area (Å²) in [5.74, 6) is -1.21. The van der Waals surface area contributed by atoms with E-state index in [2.05, 4.69) is 10.5 Å². The first kappa shape index (κ1) is 18.9. The van der Waals surface area contributed by atoms with Crippen molar-refractivity contribution >= 4 is 17.8 Å². The predicted molar refractivity (Wildman–Crippen MR) is 93.1 cm³/mol. The minimum atomic E-state index is -1.42. The zero-order valence-electron chi connectivity index (χ0n) is 13.8. The number of hydrazone groups is 1. The summed E-state index contributed by atoms with van der Waals surface area (Å²) >= 11 is 0. The zero-order chi connectivity index (χ0) is 19.1. The highest BCUT2D eigenvalue weighted by atomic mass is 16.6. The van der Waals surface area contributed by atoms with E-state index in [1.165, 1.54) is 0 Å². The Morgan fingerprint density at radius 2 is 2.08 bits per heavy atom. The number of aliphatic hydroxyl groups excluding tert-OH is 1. The van der Waals surface area contributed by atoms with Crippen molar-refractivity contribution < 1.29 is 24.7 Å². The minimum absolute atomic E-state index is 0.0165. The third-order valence-electron chi connectivity index (χ3n) is 3.34. The van der Waals surface area contributed by atoms with E-state index in [0.29, 0.717) is 5.56 Å². The van der Waals surface area contributed by atoms with Crippen molar-refractivity contribution in [3.05, 3.63) is 63.7 Å². The highest BCUT2D eigenvalue weighted by molar-refractivity contribution is 5.88. The van der Waals surface area contributed by atoms with E-state index in [-0.39, 0.29) is 29.4 Å². The van der Waals surface area contributed by atoms with E-state index in [1.54, 1.807) is 37.3 Å². The van der Waals surface area contributed by atoms with Gasteiger partial charge in [-0.05, 0) is 12.5 Å². The number of aliphatic hydroxyl groups is 1. The third-order valence-corrected chi connectivity index (χ3v) is 3.34. The number of benzene rings is 2. The molecule has 0 spiro atoms. The summed E-state index contributed by atoms with van der Waals surface area (Å²) in [6.45, 7) is 1.86. The lowest BCUT2D eigenvalue weighted by atomic mass is 10.1. The molecule has 9 nitrogen and oxygen atoms in total. The number of nitrogens with zero attached hydrogens (tertiary/aromatic N) is 2. The summed E-state index contributed by atoms with van der Waals surface area (Å²) in [5, 5.41) is 34.6. The van der Waals surface area contributed by atoms with E-state index in [4.69, 9.17) is 4.74 Å². The van der Waals surface area contributed by atoms with Gasteiger partial charge in [-0.3, -0.25) is 14.9 Å². The molecule has 0 unspecified atom stereocenters. The van der Waals surface area contributed by atoms with Gasteiger partial charge in [-0.1, -0.05) is 30.3 Å². The molecule has 1 atom stereocenters. The Morgan fingerprint density at radius 3 is 2.69 bits per heavy atom. The number of nitro groups is 1. The van der Waals surface area contributed by atoms with Gasteiger partial charge in [0, 0.05) is 11.6 Å². The molecule has 26 heavy (non-hydrogen) atoms. The first-order valence-electron chi connectivity index (χ1n) is 7.64. The number of carbonyl (C=O) groups excluding carboxylic acids is 1. The molecule has 0 bridgehead atoms. The van der Waals surface area contributed by atoms with Crippen LogP contribution >= 0.6 is 0 Å². The van der Waals surface area contributed by atoms with E-state index >= 15 is 0 Å². The number of hydrogen-bond donors (Lipinski definition) is 3. The normalized spacial score (nSPS) is 11.9. The summed E-state index contributed by atoms with van der Waals surface area (Å²) in [4.78, 5) is 22.2. The highest BCUT2D eigenvalue weighted by Gasteiger charge is 2.18. The number of hydrogen-bond acceptors (Lipinski definition) is 7. The van der Waals surface area contributed by atoms with Crippen molar-refractivity contribution in [2.45, 2.75) is 13.0 Å². The van der Waals surface area contributed by atoms with Gasteiger partial charge in [-0.25, -0.2) is 5.43 Å². The van der Waals surface area contributed by atoms with Crippen molar-refractivity contribution in [2.75, 3.05) is 6.61 Å². The summed E-state index contributed by atoms with van der Waals surface area (Å²) in [6.07, 6.45) is -0.397. The summed E-state index contributed by atoms with van der Waals surface area (Å²) in [5.41, 5.74) is 2.18. The maximum atomic E-state index is 11.9. The van der Waals surface area contributed by atoms with Crippen LogP contribution in [-0.2, 0) is 4.79 Å². The number of nitrogens with one attached hydrogen (secondary N) is 1. The average molecular weight is 359 g/mol. The van der Waals surface area contributed by atoms with Gasteiger partial charge in [0.15, 0.2) is 17.6 Å². The summed E-state index contributed by atoms with van der Waals surface area (Å²) < 4.78 is 5.15. The number of non-ortho nitro benzene ring substituents is 1. The molecule has 0 saturated heterocycles. The molecule has 0 heterocycles. The maximum Gasteiger partial charge on any atom is 0.274 e. The van der Waals surface area contributed by atoms with Gasteiger partial charge in [0.1, 0.15) is 0 Å². The van der Waals surface area contributed by atoms with Crippen molar-refractivity contribution in [3.63, 3.8) is 0 Å². The lowest BCUT2D eigenvalue weighted by Crippen LogP contribution is -2.25. The van der Waals surface area contributed by atoms with Crippen LogP contribution < -0.4 is 10.2 Å². The van der Waals surface area contributed by atoms with E-state index in [0.717, 1.165) is 18.3 Å². The fourth-order valence-corrected chi connectivity index (χ4v) is 2.10. The van der Waals surface area contributed by atoms with Gasteiger partial charge < -0.3 is 14.9 Å². The molecule has 0 aliphatic carbocycles. The Bertz CT molecular complexity index is 823. The first-order chi connectivity index (χ1) is 12.4. The number of phenolic OH excluding ortho intramolecular Hbond substituents is 1. The van der Waals surface area contributed by atoms with Gasteiger partial charge in [0.05, 0.1) is 23.8 Å². The third kappa shape index (κ3) is 4.54. The zero-order valence-corrected chi connectivity index (χ0v) is 13.8. The summed E-state index contributed by atoms with van der Waals surface area (Å²) in [7, 11) is 0. The minimum Gasteiger partial charge on any atom is -0.504 e. The Labute approximate surface area is 148 Å². The Balaban J connectivity index is 2.16. The van der Waals surface area contributed by atoms with Gasteiger partial charge in [-0.2, -0.15) is 5.10 Å². The molecule has 2 aromatic carbocycles. The number of amides is 1. The number of phenols is 1. The molecule has 0 aliphatic heterocycles. The molecule has 0 fully saturated rings. The van der Waals surface area contributed by atoms with Crippen LogP contribution in [0.1, 0.15) is 24.2 Å². The standard InChI is InChI=1S/C17H17N3O6/c1-2-26-14-9-13(20(24)25)8-12(15(14)21)10-18-19-17(23)16(22)11-6-4-3-5-7-11/h3-10,16,21-22H,2H2,1H3,(H,19,23)/t16-/m1/s1. The molecule has 0 saturated carbocycles. The van der Waals surface area contributed by atoms with Gasteiger partial charge in [-0.15, -0.1) is 0 Å². The molecule has 9 heteroatoms. The molecule has 136 valence electrons. The van der Waals surface area contributed by atoms with E-state index in [9.17, 15) is 25.1 Å². The molecule has 0 aliphatic rings. The highest BCUT2D eigenvalue weighted by Crippen LogP contribution is 2.33. The Hall–Kier alpha value is -3.46. The molecule has 0 radical (unpaired) electrons. The van der Waals surface area contributed by atoms with Gasteiger partial charge in [0.25, 0.3) is 11.6 Å². The number of rotatable bonds is 7. The molecule has 2 aromatic rings. The summed E-state index contributed by atoms with van der Waals surface area (Å²) in [6, 6.07) is 10.4. The lowest BCUT2D eigenvalue weighted by Gasteiger charge is -2.09. The monoisotopic (exact) mass is 359 g/mol. The van der Waals surface area contributed by atoms with Crippen molar-refractivity contribution in [3.8, 4) is 11.5 Å². The average Bonchev–Trinajstić information content (AvgIpc) is 2.64. The van der Waals surface area contributed by atoms with Crippen molar-refractivity contribution in [2.24, 2.45) is 5.10 Å². The Morgan fingerprint density at radius 1 is 1.38 bits per heavy atom. The fraction of sp³-hybridized carbons (Fsp3) is 0.176. The van der Waals surface area contributed by atoms with Crippen LogP contribution in [-0.4, -0.2) is 33.9 Å².